The molecule has 1 saturated heterocycles. The Hall–Kier alpha value is -2.29. The van der Waals surface area contributed by atoms with Gasteiger partial charge in [0.15, 0.2) is 6.10 Å². The van der Waals surface area contributed by atoms with Crippen molar-refractivity contribution in [3.8, 4) is 0 Å². The second-order valence-corrected chi connectivity index (χ2v) is 14.5. The first-order chi connectivity index (χ1) is 24.7. The number of esters is 2. The third-order valence-electron chi connectivity index (χ3n) is 8.44. The lowest BCUT2D eigenvalue weighted by atomic mass is 10.1. The fourth-order valence-electron chi connectivity index (χ4n) is 5.43. The maximum Gasteiger partial charge on any atom is 0.469 e. The van der Waals surface area contributed by atoms with Gasteiger partial charge in [0.2, 0.25) is 0 Å². The summed E-state index contributed by atoms with van der Waals surface area (Å²) < 4.78 is 32.0. The summed E-state index contributed by atoms with van der Waals surface area (Å²) in [6.07, 6.45) is 42.5. The minimum Gasteiger partial charge on any atom is -0.462 e. The molecule has 2 N–H and O–H groups in total. The second-order valence-electron chi connectivity index (χ2n) is 13.3. The van der Waals surface area contributed by atoms with E-state index in [1.807, 2.05) is 0 Å². The molecule has 0 aliphatic carbocycles. The molecule has 0 aromatic rings. The molecule has 0 bridgehead atoms. The molecule has 292 valence electrons. The van der Waals surface area contributed by atoms with Gasteiger partial charge in [-0.15, -0.1) is 0 Å². The Labute approximate surface area is 309 Å². The Bertz CT molecular complexity index is 1080. The minimum atomic E-state index is -4.77. The van der Waals surface area contributed by atoms with Crippen LogP contribution >= 0.6 is 7.82 Å². The summed E-state index contributed by atoms with van der Waals surface area (Å²) in [5, 5.41) is 0. The van der Waals surface area contributed by atoms with Gasteiger partial charge in [0, 0.05) is 12.8 Å². The van der Waals surface area contributed by atoms with E-state index in [9.17, 15) is 14.2 Å². The number of rotatable bonds is 34. The smallest absolute Gasteiger partial charge is 0.462 e. The average Bonchev–Trinajstić information content (AvgIpc) is 3.85. The van der Waals surface area contributed by atoms with Crippen molar-refractivity contribution < 1.29 is 42.7 Å². The van der Waals surface area contributed by atoms with Crippen molar-refractivity contribution in [2.24, 2.45) is 0 Å². The molecule has 51 heavy (non-hydrogen) atoms. The standard InChI is InChI=1S/C41H69O9P/c1-3-5-7-8-9-10-11-12-13-14-15-16-17-18-22-25-29-33-40(42)47-35-37(36-48-51(44,45)46)49-41(43)34-30-26-23-20-19-21-24-28-32-39-38(50-39)31-27-6-4-2/h5,7,9-10,12-13,15-16,24,28,37-39H,3-4,6,8,11,14,17-23,25-27,29-36H2,1-2H3,(H2,44,45,46)/b7-5-,10-9-,13-12-,16-15-,28-24-/t37-,38?,39?/m1/s1. The summed E-state index contributed by atoms with van der Waals surface area (Å²) in [6, 6.07) is 0. The lowest BCUT2D eigenvalue weighted by Gasteiger charge is -2.18. The van der Waals surface area contributed by atoms with E-state index in [2.05, 4.69) is 79.1 Å². The van der Waals surface area contributed by atoms with E-state index in [4.69, 9.17) is 24.0 Å². The molecule has 0 radical (unpaired) electrons. The third kappa shape index (κ3) is 32.1. The number of hydrogen-bond donors (Lipinski definition) is 2. The predicted octanol–water partition coefficient (Wildman–Crippen LogP) is 10.7. The van der Waals surface area contributed by atoms with Gasteiger partial charge in [-0.2, -0.15) is 0 Å². The van der Waals surface area contributed by atoms with E-state index in [1.165, 1.54) is 25.7 Å². The first-order valence-electron chi connectivity index (χ1n) is 19.7. The minimum absolute atomic E-state index is 0.183. The molecule has 2 unspecified atom stereocenters. The predicted molar refractivity (Wildman–Crippen MR) is 206 cm³/mol. The number of hydrogen-bond acceptors (Lipinski definition) is 7. The highest BCUT2D eigenvalue weighted by molar-refractivity contribution is 7.46. The van der Waals surface area contributed by atoms with E-state index in [1.54, 1.807) is 0 Å². The van der Waals surface area contributed by atoms with Crippen molar-refractivity contribution in [3.05, 3.63) is 60.8 Å². The molecular weight excluding hydrogens is 667 g/mol. The van der Waals surface area contributed by atoms with Crippen LogP contribution in [0, 0.1) is 0 Å². The molecule has 0 aromatic heterocycles. The number of allylic oxidation sites excluding steroid dienone is 9. The normalized spacial score (nSPS) is 17.1. The van der Waals surface area contributed by atoms with E-state index in [0.717, 1.165) is 89.9 Å². The highest BCUT2D eigenvalue weighted by Gasteiger charge is 2.36. The van der Waals surface area contributed by atoms with E-state index in [0.29, 0.717) is 25.0 Å². The lowest BCUT2D eigenvalue weighted by Crippen LogP contribution is -2.29. The van der Waals surface area contributed by atoms with Crippen molar-refractivity contribution >= 4 is 19.8 Å². The van der Waals surface area contributed by atoms with Crippen LogP contribution in [-0.2, 0) is 32.9 Å². The topological polar surface area (TPSA) is 132 Å². The van der Waals surface area contributed by atoms with Crippen LogP contribution in [-0.4, -0.2) is 53.3 Å². The number of epoxide rings is 1. The summed E-state index contributed by atoms with van der Waals surface area (Å²) in [6.45, 7) is 3.49. The number of phosphoric ester groups is 1. The number of phosphoric acid groups is 1. The van der Waals surface area contributed by atoms with Crippen LogP contribution in [0.1, 0.15) is 155 Å². The third-order valence-corrected chi connectivity index (χ3v) is 8.93. The largest absolute Gasteiger partial charge is 0.469 e. The quantitative estimate of drug-likeness (QED) is 0.0218. The molecule has 10 heteroatoms. The fourth-order valence-corrected chi connectivity index (χ4v) is 5.79. The van der Waals surface area contributed by atoms with Gasteiger partial charge in [0.1, 0.15) is 6.61 Å². The van der Waals surface area contributed by atoms with Crippen LogP contribution in [0.3, 0.4) is 0 Å². The molecule has 3 atom stereocenters. The van der Waals surface area contributed by atoms with Crippen LogP contribution in [0.25, 0.3) is 0 Å². The van der Waals surface area contributed by atoms with Crippen LogP contribution in [0.15, 0.2) is 60.8 Å². The Morgan fingerprint density at radius 1 is 0.647 bits per heavy atom. The van der Waals surface area contributed by atoms with Crippen LogP contribution in [0.2, 0.25) is 0 Å². The molecule has 9 nitrogen and oxygen atoms in total. The summed E-state index contributed by atoms with van der Waals surface area (Å²) in [5.74, 6) is -0.939. The van der Waals surface area contributed by atoms with E-state index < -0.39 is 32.5 Å². The maximum absolute atomic E-state index is 12.4. The zero-order valence-electron chi connectivity index (χ0n) is 31.7. The molecule has 1 aliphatic rings. The van der Waals surface area contributed by atoms with Crippen molar-refractivity contribution in [1.82, 2.24) is 0 Å². The molecule has 0 aromatic carbocycles. The first kappa shape index (κ1) is 46.7. The van der Waals surface area contributed by atoms with E-state index in [-0.39, 0.29) is 19.4 Å². The maximum atomic E-state index is 12.4. The summed E-state index contributed by atoms with van der Waals surface area (Å²) in [7, 11) is -4.77. The monoisotopic (exact) mass is 736 g/mol. The van der Waals surface area contributed by atoms with Gasteiger partial charge in [-0.3, -0.25) is 14.1 Å². The van der Waals surface area contributed by atoms with Gasteiger partial charge in [-0.1, -0.05) is 126 Å². The Balaban J connectivity index is 2.11. The Kier molecular flexibility index (Phi) is 29.7. The molecular formula is C41H69O9P. The molecule has 0 spiro atoms. The molecule has 0 saturated carbocycles. The zero-order valence-corrected chi connectivity index (χ0v) is 32.6. The lowest BCUT2D eigenvalue weighted by molar-refractivity contribution is -0.161. The van der Waals surface area contributed by atoms with Gasteiger partial charge >= 0.3 is 19.8 Å². The molecule has 1 aliphatic heterocycles. The van der Waals surface area contributed by atoms with Crippen LogP contribution < -0.4 is 0 Å². The second kappa shape index (κ2) is 32.4. The Morgan fingerprint density at radius 3 is 1.80 bits per heavy atom. The van der Waals surface area contributed by atoms with Gasteiger partial charge in [-0.25, -0.2) is 4.57 Å². The molecule has 0 amide bonds. The van der Waals surface area contributed by atoms with Crippen molar-refractivity contribution in [2.75, 3.05) is 13.2 Å². The van der Waals surface area contributed by atoms with Gasteiger partial charge in [-0.05, 0) is 77.0 Å². The highest BCUT2D eigenvalue weighted by Crippen LogP contribution is 2.36. The van der Waals surface area contributed by atoms with Gasteiger partial charge in [0.05, 0.1) is 18.8 Å². The summed E-state index contributed by atoms with van der Waals surface area (Å²) in [4.78, 5) is 42.8. The zero-order chi connectivity index (χ0) is 37.3. The fraction of sp³-hybridized carbons (Fsp3) is 0.707. The van der Waals surface area contributed by atoms with Gasteiger partial charge in [0.25, 0.3) is 0 Å². The number of carbonyl (C=O) groups excluding carboxylic acids is 2. The van der Waals surface area contributed by atoms with Crippen molar-refractivity contribution in [2.45, 2.75) is 173 Å². The summed E-state index contributed by atoms with van der Waals surface area (Å²) in [5.41, 5.74) is 0. The SMILES string of the molecule is CC/C=C\C/C=C\C/C=C\C/C=C\CCCCCCC(=O)OC[C@H](COP(=O)(O)O)OC(=O)CCCCCCC/C=C\CC1OC1CCCCC. The van der Waals surface area contributed by atoms with Crippen molar-refractivity contribution in [3.63, 3.8) is 0 Å². The number of carbonyl (C=O) groups is 2. The first-order valence-corrected chi connectivity index (χ1v) is 21.2. The van der Waals surface area contributed by atoms with E-state index >= 15 is 0 Å². The average molecular weight is 737 g/mol. The molecule has 1 heterocycles. The van der Waals surface area contributed by atoms with Crippen molar-refractivity contribution in [1.29, 1.82) is 0 Å². The summed E-state index contributed by atoms with van der Waals surface area (Å²) >= 11 is 0. The number of ether oxygens (including phenoxy) is 3. The molecule has 1 rings (SSSR count). The molecule has 1 fully saturated rings. The highest BCUT2D eigenvalue weighted by atomic mass is 31.2. The number of unbranched alkanes of at least 4 members (excludes halogenated alkanes) is 11. The van der Waals surface area contributed by atoms with Crippen LogP contribution in [0.4, 0.5) is 0 Å². The Morgan fingerprint density at radius 2 is 1.20 bits per heavy atom. The van der Waals surface area contributed by atoms with Crippen LogP contribution in [0.5, 0.6) is 0 Å². The van der Waals surface area contributed by atoms with Gasteiger partial charge < -0.3 is 24.0 Å².